The van der Waals surface area contributed by atoms with Crippen LogP contribution in [0.2, 0.25) is 0 Å². The number of rotatable bonds is 2. The number of hydrogen-bond acceptors (Lipinski definition) is 2. The van der Waals surface area contributed by atoms with Crippen molar-refractivity contribution in [3.63, 3.8) is 0 Å². The number of carbonyl (C=O) groups excluding carboxylic acids is 2. The average molecular weight is 295 g/mol. The van der Waals surface area contributed by atoms with Gasteiger partial charge in [0.1, 0.15) is 0 Å². The van der Waals surface area contributed by atoms with Gasteiger partial charge in [-0.15, -0.1) is 0 Å². The number of halogens is 3. The molecule has 0 spiro atoms. The molecule has 0 heterocycles. The van der Waals surface area contributed by atoms with E-state index in [4.69, 9.17) is 34.8 Å². The van der Waals surface area contributed by atoms with Gasteiger partial charge in [-0.3, -0.25) is 9.59 Å². The summed E-state index contributed by atoms with van der Waals surface area (Å²) in [5.41, 5.74) is 0.814. The Balaban J connectivity index is 3.17. The van der Waals surface area contributed by atoms with Gasteiger partial charge in [0.05, 0.1) is 5.69 Å². The van der Waals surface area contributed by atoms with Gasteiger partial charge in [0.25, 0.3) is 9.70 Å². The van der Waals surface area contributed by atoms with Gasteiger partial charge in [0.15, 0.2) is 5.78 Å². The molecule has 0 radical (unpaired) electrons. The number of carbonyl (C=O) groups is 2. The summed E-state index contributed by atoms with van der Waals surface area (Å²) in [7, 11) is 1.45. The number of ketones is 1. The number of para-hydroxylation sites is 1. The molecule has 1 rings (SSSR count). The molecule has 0 saturated carbocycles. The first-order valence-corrected chi connectivity index (χ1v) is 5.83. The molecule has 3 nitrogen and oxygen atoms in total. The van der Waals surface area contributed by atoms with Gasteiger partial charge in [0.2, 0.25) is 0 Å². The van der Waals surface area contributed by atoms with E-state index in [1.807, 2.05) is 0 Å². The van der Waals surface area contributed by atoms with Crippen molar-refractivity contribution in [1.82, 2.24) is 0 Å². The van der Waals surface area contributed by atoms with Gasteiger partial charge >= 0.3 is 0 Å². The van der Waals surface area contributed by atoms with Crippen LogP contribution in [0.4, 0.5) is 5.69 Å². The standard InChI is InChI=1S/C11H10Cl3NO2/c1-7(16)8-5-3-4-6-9(8)15(2)10(17)11(12,13)14/h3-6H,1-2H3. The summed E-state index contributed by atoms with van der Waals surface area (Å²) in [6, 6.07) is 6.63. The lowest BCUT2D eigenvalue weighted by Gasteiger charge is -2.23. The fourth-order valence-corrected chi connectivity index (χ4v) is 1.74. The van der Waals surface area contributed by atoms with Crippen LogP contribution in [0.3, 0.4) is 0 Å². The highest BCUT2D eigenvalue weighted by atomic mass is 35.6. The molecular formula is C11H10Cl3NO2. The maximum Gasteiger partial charge on any atom is 0.278 e. The van der Waals surface area contributed by atoms with Crippen LogP contribution in [0.15, 0.2) is 24.3 Å². The Bertz CT molecular complexity index is 454. The van der Waals surface area contributed by atoms with E-state index in [9.17, 15) is 9.59 Å². The van der Waals surface area contributed by atoms with E-state index >= 15 is 0 Å². The third-order valence-corrected chi connectivity index (χ3v) is 2.68. The van der Waals surface area contributed by atoms with Crippen LogP contribution in [-0.4, -0.2) is 22.5 Å². The lowest BCUT2D eigenvalue weighted by Crippen LogP contribution is -2.37. The highest BCUT2D eigenvalue weighted by Gasteiger charge is 2.35. The fraction of sp³-hybridized carbons (Fsp3) is 0.273. The zero-order valence-corrected chi connectivity index (χ0v) is 11.5. The second-order valence-corrected chi connectivity index (χ2v) is 5.72. The molecule has 1 aromatic rings. The molecule has 0 saturated heterocycles. The molecular weight excluding hydrogens is 284 g/mol. The van der Waals surface area contributed by atoms with Crippen molar-refractivity contribution >= 4 is 52.2 Å². The summed E-state index contributed by atoms with van der Waals surface area (Å²) < 4.78 is -2.04. The minimum absolute atomic E-state index is 0.162. The Morgan fingerprint density at radius 2 is 1.71 bits per heavy atom. The van der Waals surface area contributed by atoms with E-state index in [1.165, 1.54) is 14.0 Å². The van der Waals surface area contributed by atoms with Crippen LogP contribution in [0.5, 0.6) is 0 Å². The topological polar surface area (TPSA) is 37.4 Å². The SMILES string of the molecule is CC(=O)c1ccccc1N(C)C(=O)C(Cl)(Cl)Cl. The van der Waals surface area contributed by atoms with Crippen LogP contribution in [0, 0.1) is 0 Å². The maximum absolute atomic E-state index is 11.8. The predicted octanol–water partition coefficient (Wildman–Crippen LogP) is 3.22. The first-order chi connectivity index (χ1) is 7.75. The van der Waals surface area contributed by atoms with E-state index in [0.29, 0.717) is 11.3 Å². The number of benzene rings is 1. The van der Waals surface area contributed by atoms with Crippen LogP contribution in [0.25, 0.3) is 0 Å². The van der Waals surface area contributed by atoms with Crippen molar-refractivity contribution in [3.8, 4) is 0 Å². The van der Waals surface area contributed by atoms with Gasteiger partial charge in [-0.25, -0.2) is 0 Å². The summed E-state index contributed by atoms with van der Waals surface area (Å²) in [6.45, 7) is 1.41. The largest absolute Gasteiger partial charge is 0.311 e. The van der Waals surface area contributed by atoms with Gasteiger partial charge in [-0.2, -0.15) is 0 Å². The Hall–Kier alpha value is -0.770. The smallest absolute Gasteiger partial charge is 0.278 e. The molecule has 6 heteroatoms. The third-order valence-electron chi connectivity index (χ3n) is 2.19. The monoisotopic (exact) mass is 293 g/mol. The minimum atomic E-state index is -2.04. The van der Waals surface area contributed by atoms with Gasteiger partial charge in [-0.05, 0) is 19.1 Å². The molecule has 0 atom stereocenters. The number of alkyl halides is 3. The molecule has 0 aromatic heterocycles. The van der Waals surface area contributed by atoms with Crippen molar-refractivity contribution in [2.45, 2.75) is 10.7 Å². The molecule has 1 aromatic carbocycles. The molecule has 17 heavy (non-hydrogen) atoms. The third kappa shape index (κ3) is 3.35. The summed E-state index contributed by atoms with van der Waals surface area (Å²) >= 11 is 16.5. The Morgan fingerprint density at radius 1 is 1.18 bits per heavy atom. The molecule has 1 amide bonds. The molecule has 0 aliphatic carbocycles. The lowest BCUT2D eigenvalue weighted by atomic mass is 10.1. The van der Waals surface area contributed by atoms with E-state index in [2.05, 4.69) is 0 Å². The van der Waals surface area contributed by atoms with Gasteiger partial charge in [0, 0.05) is 12.6 Å². The highest BCUT2D eigenvalue weighted by Crippen LogP contribution is 2.31. The molecule has 0 fully saturated rings. The first-order valence-electron chi connectivity index (χ1n) is 4.70. The van der Waals surface area contributed by atoms with Crippen LogP contribution in [-0.2, 0) is 4.79 Å². The average Bonchev–Trinajstić information content (AvgIpc) is 2.25. The molecule has 0 aliphatic rings. The number of anilines is 1. The normalized spacial score (nSPS) is 11.1. The van der Waals surface area contributed by atoms with Crippen LogP contribution >= 0.6 is 34.8 Å². The summed E-state index contributed by atoms with van der Waals surface area (Å²) in [4.78, 5) is 24.3. The maximum atomic E-state index is 11.8. The summed E-state index contributed by atoms with van der Waals surface area (Å²) in [5, 5.41) is 0. The van der Waals surface area contributed by atoms with Crippen molar-refractivity contribution in [2.24, 2.45) is 0 Å². The van der Waals surface area contributed by atoms with E-state index in [0.717, 1.165) is 4.90 Å². The minimum Gasteiger partial charge on any atom is -0.311 e. The van der Waals surface area contributed by atoms with Crippen molar-refractivity contribution in [2.75, 3.05) is 11.9 Å². The van der Waals surface area contributed by atoms with E-state index in [1.54, 1.807) is 24.3 Å². The summed E-state index contributed by atoms with van der Waals surface area (Å²) in [6.07, 6.45) is 0. The number of nitrogens with zero attached hydrogens (tertiary/aromatic N) is 1. The van der Waals surface area contributed by atoms with E-state index < -0.39 is 9.70 Å². The first kappa shape index (κ1) is 14.3. The van der Waals surface area contributed by atoms with Crippen molar-refractivity contribution < 1.29 is 9.59 Å². The summed E-state index contributed by atoms with van der Waals surface area (Å²) in [5.74, 6) is -0.874. The number of amides is 1. The van der Waals surface area contributed by atoms with Crippen LogP contribution in [0.1, 0.15) is 17.3 Å². The molecule has 92 valence electrons. The second-order valence-electron chi connectivity index (χ2n) is 3.44. The molecule has 0 aliphatic heterocycles. The number of hydrogen-bond donors (Lipinski definition) is 0. The zero-order valence-electron chi connectivity index (χ0n) is 9.21. The second kappa shape index (κ2) is 5.25. The zero-order chi connectivity index (χ0) is 13.2. The number of Topliss-reactive ketones (excluding diaryl/α,β-unsaturated/α-hetero) is 1. The van der Waals surface area contributed by atoms with Crippen LogP contribution < -0.4 is 4.90 Å². The molecule has 0 unspecified atom stereocenters. The Kier molecular flexibility index (Phi) is 4.42. The quantitative estimate of drug-likeness (QED) is 0.620. The van der Waals surface area contributed by atoms with E-state index in [-0.39, 0.29) is 5.78 Å². The molecule has 0 bridgehead atoms. The van der Waals surface area contributed by atoms with Gasteiger partial charge < -0.3 is 4.90 Å². The highest BCUT2D eigenvalue weighted by molar-refractivity contribution is 6.77. The Morgan fingerprint density at radius 3 is 2.18 bits per heavy atom. The van der Waals surface area contributed by atoms with Gasteiger partial charge in [-0.1, -0.05) is 46.9 Å². The molecule has 0 N–H and O–H groups in total. The Labute approximate surface area is 114 Å². The fourth-order valence-electron chi connectivity index (χ4n) is 1.36. The lowest BCUT2D eigenvalue weighted by molar-refractivity contribution is -0.117. The predicted molar refractivity (Wildman–Crippen MR) is 70.1 cm³/mol. The van der Waals surface area contributed by atoms with Crippen molar-refractivity contribution in [3.05, 3.63) is 29.8 Å². The van der Waals surface area contributed by atoms with Crippen molar-refractivity contribution in [1.29, 1.82) is 0 Å².